The molecule has 0 aliphatic rings. The van der Waals surface area contributed by atoms with Gasteiger partial charge >= 0.3 is 0 Å². The summed E-state index contributed by atoms with van der Waals surface area (Å²) in [5.41, 5.74) is 0.951. The predicted octanol–water partition coefficient (Wildman–Crippen LogP) is 3.16. The first kappa shape index (κ1) is 14.1. The molecule has 1 unspecified atom stereocenters. The normalized spacial score (nSPS) is 12.6. The molecule has 2 rings (SSSR count). The van der Waals surface area contributed by atoms with Gasteiger partial charge in [0.15, 0.2) is 0 Å². The lowest BCUT2D eigenvalue weighted by molar-refractivity contribution is 0.180. The van der Waals surface area contributed by atoms with Crippen LogP contribution in [0.25, 0.3) is 11.4 Å². The molecule has 0 radical (unpaired) electrons. The first-order valence-corrected chi connectivity index (χ1v) is 7.41. The standard InChI is InChI=1S/C14H18N2O2S/c1-3-19-12-7-5-11(6-8-12)14-15-13(18-16-14)9-4-10(2)17/h5-8,10,17H,3-4,9H2,1-2H3. The molecular weight excluding hydrogens is 260 g/mol. The summed E-state index contributed by atoms with van der Waals surface area (Å²) < 4.78 is 5.17. The molecule has 1 heterocycles. The number of hydrogen-bond acceptors (Lipinski definition) is 5. The average Bonchev–Trinajstić information content (AvgIpc) is 2.86. The Hall–Kier alpha value is -1.33. The molecule has 0 aliphatic carbocycles. The number of nitrogens with zero attached hydrogens (tertiary/aromatic N) is 2. The van der Waals surface area contributed by atoms with Crippen molar-refractivity contribution in [3.63, 3.8) is 0 Å². The molecular formula is C14H18N2O2S. The number of aliphatic hydroxyl groups excluding tert-OH is 1. The molecule has 0 saturated carbocycles. The zero-order chi connectivity index (χ0) is 13.7. The van der Waals surface area contributed by atoms with Crippen LogP contribution in [0, 0.1) is 0 Å². The van der Waals surface area contributed by atoms with E-state index in [-0.39, 0.29) is 6.10 Å². The van der Waals surface area contributed by atoms with E-state index in [0.29, 0.717) is 24.6 Å². The fourth-order valence-electron chi connectivity index (χ4n) is 1.67. The summed E-state index contributed by atoms with van der Waals surface area (Å²) in [6.45, 7) is 3.88. The Morgan fingerprint density at radius 1 is 1.32 bits per heavy atom. The van der Waals surface area contributed by atoms with Gasteiger partial charge in [-0.15, -0.1) is 11.8 Å². The Morgan fingerprint density at radius 2 is 2.05 bits per heavy atom. The Labute approximate surface area is 117 Å². The molecule has 0 aliphatic heterocycles. The van der Waals surface area contributed by atoms with Crippen LogP contribution in [0.3, 0.4) is 0 Å². The molecule has 102 valence electrons. The molecule has 0 saturated heterocycles. The van der Waals surface area contributed by atoms with Gasteiger partial charge in [0.05, 0.1) is 6.10 Å². The van der Waals surface area contributed by atoms with E-state index < -0.39 is 0 Å². The first-order chi connectivity index (χ1) is 9.19. The molecule has 4 nitrogen and oxygen atoms in total. The molecule has 1 aromatic heterocycles. The number of thioether (sulfide) groups is 1. The number of hydrogen-bond donors (Lipinski definition) is 1. The third-order valence-corrected chi connectivity index (χ3v) is 3.56. The van der Waals surface area contributed by atoms with E-state index in [1.165, 1.54) is 4.90 Å². The Bertz CT molecular complexity index is 508. The summed E-state index contributed by atoms with van der Waals surface area (Å²) in [6, 6.07) is 8.13. The number of benzene rings is 1. The lowest BCUT2D eigenvalue weighted by atomic mass is 10.2. The Balaban J connectivity index is 2.05. The molecule has 0 fully saturated rings. The van der Waals surface area contributed by atoms with Crippen LogP contribution in [0.4, 0.5) is 0 Å². The van der Waals surface area contributed by atoms with Gasteiger partial charge in [-0.05, 0) is 43.4 Å². The molecule has 1 atom stereocenters. The van der Waals surface area contributed by atoms with Crippen LogP contribution in [-0.4, -0.2) is 27.1 Å². The molecule has 0 amide bonds. The smallest absolute Gasteiger partial charge is 0.227 e. The second-order valence-electron chi connectivity index (χ2n) is 4.36. The maximum Gasteiger partial charge on any atom is 0.227 e. The van der Waals surface area contributed by atoms with E-state index >= 15 is 0 Å². The molecule has 0 bridgehead atoms. The van der Waals surface area contributed by atoms with Crippen molar-refractivity contribution in [2.45, 2.75) is 37.7 Å². The van der Waals surface area contributed by atoms with Crippen molar-refractivity contribution >= 4 is 11.8 Å². The SMILES string of the molecule is CCSc1ccc(-c2noc(CCC(C)O)n2)cc1. The summed E-state index contributed by atoms with van der Waals surface area (Å²) in [5.74, 6) is 2.24. The Kier molecular flexibility index (Phi) is 4.99. The van der Waals surface area contributed by atoms with Crippen LogP contribution < -0.4 is 0 Å². The van der Waals surface area contributed by atoms with Gasteiger partial charge in [0.1, 0.15) is 0 Å². The van der Waals surface area contributed by atoms with Gasteiger partial charge in [-0.25, -0.2) is 0 Å². The van der Waals surface area contributed by atoms with Crippen molar-refractivity contribution in [2.24, 2.45) is 0 Å². The van der Waals surface area contributed by atoms with Crippen molar-refractivity contribution in [3.05, 3.63) is 30.2 Å². The van der Waals surface area contributed by atoms with E-state index in [2.05, 4.69) is 29.2 Å². The predicted molar refractivity (Wildman–Crippen MR) is 76.1 cm³/mol. The molecule has 1 aromatic carbocycles. The summed E-state index contributed by atoms with van der Waals surface area (Å²) >= 11 is 1.80. The first-order valence-electron chi connectivity index (χ1n) is 6.43. The highest BCUT2D eigenvalue weighted by atomic mass is 32.2. The highest BCUT2D eigenvalue weighted by Gasteiger charge is 2.09. The van der Waals surface area contributed by atoms with Crippen LogP contribution in [-0.2, 0) is 6.42 Å². The van der Waals surface area contributed by atoms with E-state index in [1.54, 1.807) is 18.7 Å². The van der Waals surface area contributed by atoms with Gasteiger partial charge in [-0.2, -0.15) is 4.98 Å². The summed E-state index contributed by atoms with van der Waals surface area (Å²) in [7, 11) is 0. The number of aliphatic hydroxyl groups is 1. The monoisotopic (exact) mass is 278 g/mol. The van der Waals surface area contributed by atoms with Crippen molar-refractivity contribution in [2.75, 3.05) is 5.75 Å². The number of aryl methyl sites for hydroxylation is 1. The third-order valence-electron chi connectivity index (χ3n) is 2.67. The van der Waals surface area contributed by atoms with Crippen LogP contribution >= 0.6 is 11.8 Å². The minimum Gasteiger partial charge on any atom is -0.393 e. The van der Waals surface area contributed by atoms with E-state index in [4.69, 9.17) is 4.52 Å². The largest absolute Gasteiger partial charge is 0.393 e. The van der Waals surface area contributed by atoms with E-state index in [1.807, 2.05) is 12.1 Å². The van der Waals surface area contributed by atoms with Crippen molar-refractivity contribution in [1.29, 1.82) is 0 Å². The van der Waals surface area contributed by atoms with Gasteiger partial charge in [0.25, 0.3) is 0 Å². The lowest BCUT2D eigenvalue weighted by Crippen LogP contribution is -2.01. The van der Waals surface area contributed by atoms with Crippen molar-refractivity contribution in [1.82, 2.24) is 10.1 Å². The third kappa shape index (κ3) is 4.08. The van der Waals surface area contributed by atoms with Gasteiger partial charge in [-0.3, -0.25) is 0 Å². The average molecular weight is 278 g/mol. The van der Waals surface area contributed by atoms with Crippen molar-refractivity contribution < 1.29 is 9.63 Å². The maximum absolute atomic E-state index is 9.23. The second kappa shape index (κ2) is 6.73. The zero-order valence-corrected chi connectivity index (χ0v) is 12.0. The van der Waals surface area contributed by atoms with E-state index in [0.717, 1.165) is 11.3 Å². The van der Waals surface area contributed by atoms with Gasteiger partial charge < -0.3 is 9.63 Å². The number of aromatic nitrogens is 2. The van der Waals surface area contributed by atoms with Crippen molar-refractivity contribution in [3.8, 4) is 11.4 Å². The van der Waals surface area contributed by atoms with Crippen LogP contribution in [0.1, 0.15) is 26.2 Å². The molecule has 5 heteroatoms. The molecule has 2 aromatic rings. The van der Waals surface area contributed by atoms with Gasteiger partial charge in [0, 0.05) is 16.9 Å². The Morgan fingerprint density at radius 3 is 2.68 bits per heavy atom. The van der Waals surface area contributed by atoms with Gasteiger partial charge in [0.2, 0.25) is 11.7 Å². The van der Waals surface area contributed by atoms with Crippen LogP contribution in [0.2, 0.25) is 0 Å². The quantitative estimate of drug-likeness (QED) is 0.822. The van der Waals surface area contributed by atoms with Gasteiger partial charge in [-0.1, -0.05) is 12.1 Å². The fraction of sp³-hybridized carbons (Fsp3) is 0.429. The minimum atomic E-state index is -0.347. The molecule has 0 spiro atoms. The summed E-state index contributed by atoms with van der Waals surface area (Å²) in [6.07, 6.45) is 0.892. The summed E-state index contributed by atoms with van der Waals surface area (Å²) in [4.78, 5) is 5.57. The van der Waals surface area contributed by atoms with Crippen LogP contribution in [0.15, 0.2) is 33.7 Å². The topological polar surface area (TPSA) is 59.2 Å². The van der Waals surface area contributed by atoms with E-state index in [9.17, 15) is 5.11 Å². The van der Waals surface area contributed by atoms with Crippen LogP contribution in [0.5, 0.6) is 0 Å². The summed E-state index contributed by atoms with van der Waals surface area (Å²) in [5, 5.41) is 13.2. The second-order valence-corrected chi connectivity index (χ2v) is 5.69. The number of rotatable bonds is 6. The maximum atomic E-state index is 9.23. The minimum absolute atomic E-state index is 0.347. The zero-order valence-electron chi connectivity index (χ0n) is 11.2. The molecule has 19 heavy (non-hydrogen) atoms. The highest BCUT2D eigenvalue weighted by molar-refractivity contribution is 7.99. The highest BCUT2D eigenvalue weighted by Crippen LogP contribution is 2.22. The molecule has 1 N–H and O–H groups in total. The lowest BCUT2D eigenvalue weighted by Gasteiger charge is -1.99. The fourth-order valence-corrected chi connectivity index (χ4v) is 2.33.